The Labute approximate surface area is 147 Å². The first-order chi connectivity index (χ1) is 12.1. The molecule has 2 fully saturated rings. The molecule has 0 aromatic carbocycles. The van der Waals surface area contributed by atoms with Gasteiger partial charge >= 0.3 is 0 Å². The molecular weight excluding hydrogens is 316 g/mol. The van der Waals surface area contributed by atoms with Crippen LogP contribution in [0, 0.1) is 0 Å². The van der Waals surface area contributed by atoms with Gasteiger partial charge in [0.1, 0.15) is 11.9 Å². The Balaban J connectivity index is 1.30. The van der Waals surface area contributed by atoms with E-state index in [0.29, 0.717) is 17.6 Å². The minimum atomic E-state index is 0.208. The van der Waals surface area contributed by atoms with E-state index in [9.17, 15) is 0 Å². The SMILES string of the molecule is C=C(NC1(C)CC1)O[C@@H]1CC[C@H](c2cc(Nc3cnccn3)n[nH]2)C1. The largest absolute Gasteiger partial charge is 0.476 e. The maximum Gasteiger partial charge on any atom is 0.179 e. The number of rotatable bonds is 7. The number of nitrogens with one attached hydrogen (secondary N) is 3. The van der Waals surface area contributed by atoms with Gasteiger partial charge in [0.25, 0.3) is 0 Å². The number of aromatic amines is 1. The van der Waals surface area contributed by atoms with Gasteiger partial charge in [-0.25, -0.2) is 4.98 Å². The van der Waals surface area contributed by atoms with Crippen LogP contribution in [-0.4, -0.2) is 31.8 Å². The molecule has 0 spiro atoms. The molecule has 2 atom stereocenters. The highest BCUT2D eigenvalue weighted by Gasteiger charge is 2.38. The summed E-state index contributed by atoms with van der Waals surface area (Å²) in [5, 5.41) is 14.0. The van der Waals surface area contributed by atoms with E-state index in [1.165, 1.54) is 12.8 Å². The number of hydrogen-bond donors (Lipinski definition) is 3. The molecule has 0 saturated heterocycles. The first-order valence-electron chi connectivity index (χ1n) is 8.82. The van der Waals surface area contributed by atoms with Gasteiger partial charge in [-0.05, 0) is 45.6 Å². The van der Waals surface area contributed by atoms with Gasteiger partial charge in [-0.1, -0.05) is 0 Å². The smallest absolute Gasteiger partial charge is 0.179 e. The summed E-state index contributed by atoms with van der Waals surface area (Å²) in [7, 11) is 0. The van der Waals surface area contributed by atoms with E-state index in [1.54, 1.807) is 18.6 Å². The Hall–Kier alpha value is -2.57. The lowest BCUT2D eigenvalue weighted by atomic mass is 10.0. The van der Waals surface area contributed by atoms with Crippen molar-refractivity contribution in [2.24, 2.45) is 0 Å². The highest BCUT2D eigenvalue weighted by Crippen LogP contribution is 2.38. The highest BCUT2D eigenvalue weighted by molar-refractivity contribution is 5.50. The minimum Gasteiger partial charge on any atom is -0.476 e. The summed E-state index contributed by atoms with van der Waals surface area (Å²) in [4.78, 5) is 8.23. The van der Waals surface area contributed by atoms with Crippen LogP contribution in [0.2, 0.25) is 0 Å². The number of anilines is 2. The van der Waals surface area contributed by atoms with Crippen LogP contribution in [0.4, 0.5) is 11.6 Å². The second-order valence-corrected chi connectivity index (χ2v) is 7.28. The van der Waals surface area contributed by atoms with Crippen molar-refractivity contribution < 1.29 is 4.74 Å². The van der Waals surface area contributed by atoms with Crippen molar-refractivity contribution in [1.82, 2.24) is 25.5 Å². The lowest BCUT2D eigenvalue weighted by Crippen LogP contribution is -2.29. The summed E-state index contributed by atoms with van der Waals surface area (Å²) in [6, 6.07) is 2.04. The molecule has 2 heterocycles. The average Bonchev–Trinajstić information content (AvgIpc) is 3.00. The van der Waals surface area contributed by atoms with Crippen LogP contribution in [0.5, 0.6) is 0 Å². The molecule has 2 aliphatic carbocycles. The second-order valence-electron chi connectivity index (χ2n) is 7.28. The van der Waals surface area contributed by atoms with Gasteiger partial charge in [0.05, 0.1) is 6.20 Å². The summed E-state index contributed by atoms with van der Waals surface area (Å²) < 4.78 is 6.01. The zero-order valence-electron chi connectivity index (χ0n) is 14.5. The number of hydrogen-bond acceptors (Lipinski definition) is 6. The maximum atomic E-state index is 6.01. The Morgan fingerprint density at radius 2 is 2.20 bits per heavy atom. The van der Waals surface area contributed by atoms with Gasteiger partial charge in [0.2, 0.25) is 0 Å². The fourth-order valence-electron chi connectivity index (χ4n) is 3.31. The first kappa shape index (κ1) is 15.9. The highest BCUT2D eigenvalue weighted by atomic mass is 16.5. The maximum absolute atomic E-state index is 6.01. The molecule has 2 saturated carbocycles. The fraction of sp³-hybridized carbons (Fsp3) is 0.500. The van der Waals surface area contributed by atoms with Crippen molar-refractivity contribution in [1.29, 1.82) is 0 Å². The number of nitrogens with zero attached hydrogens (tertiary/aromatic N) is 3. The van der Waals surface area contributed by atoms with Crippen LogP contribution in [0.1, 0.15) is 50.6 Å². The summed E-state index contributed by atoms with van der Waals surface area (Å²) in [6.07, 6.45) is 10.7. The van der Waals surface area contributed by atoms with Crippen molar-refractivity contribution in [3.8, 4) is 0 Å². The molecule has 0 unspecified atom stereocenters. The van der Waals surface area contributed by atoms with Crippen LogP contribution >= 0.6 is 0 Å². The monoisotopic (exact) mass is 340 g/mol. The summed E-state index contributed by atoms with van der Waals surface area (Å²) >= 11 is 0. The van der Waals surface area contributed by atoms with Gasteiger partial charge in [-0.15, -0.1) is 0 Å². The number of ether oxygens (including phenoxy) is 1. The molecule has 0 aliphatic heterocycles. The van der Waals surface area contributed by atoms with Gasteiger partial charge < -0.3 is 15.4 Å². The van der Waals surface area contributed by atoms with E-state index in [1.807, 2.05) is 6.07 Å². The van der Waals surface area contributed by atoms with Gasteiger partial charge in [0.15, 0.2) is 11.7 Å². The van der Waals surface area contributed by atoms with Crippen molar-refractivity contribution in [3.05, 3.63) is 42.8 Å². The van der Waals surface area contributed by atoms with Crippen molar-refractivity contribution in [2.45, 2.75) is 56.6 Å². The second kappa shape index (κ2) is 6.38. The van der Waals surface area contributed by atoms with Gasteiger partial charge in [-0.2, -0.15) is 5.10 Å². The van der Waals surface area contributed by atoms with E-state index in [0.717, 1.165) is 30.8 Å². The molecule has 3 N–H and O–H groups in total. The summed E-state index contributed by atoms with van der Waals surface area (Å²) in [5.41, 5.74) is 1.34. The zero-order valence-corrected chi connectivity index (χ0v) is 14.5. The van der Waals surface area contributed by atoms with E-state index >= 15 is 0 Å². The van der Waals surface area contributed by atoms with Gasteiger partial charge in [-0.3, -0.25) is 10.1 Å². The van der Waals surface area contributed by atoms with E-state index < -0.39 is 0 Å². The normalized spacial score (nSPS) is 23.9. The Bertz CT molecular complexity index is 739. The van der Waals surface area contributed by atoms with Crippen LogP contribution in [-0.2, 0) is 4.74 Å². The third-order valence-electron chi connectivity index (χ3n) is 4.99. The summed E-state index contributed by atoms with van der Waals surface area (Å²) in [5.74, 6) is 2.58. The lowest BCUT2D eigenvalue weighted by Gasteiger charge is -2.20. The van der Waals surface area contributed by atoms with Crippen molar-refractivity contribution in [2.75, 3.05) is 5.32 Å². The first-order valence-corrected chi connectivity index (χ1v) is 8.82. The number of H-pyrrole nitrogens is 1. The molecule has 0 amide bonds. The molecule has 2 aromatic heterocycles. The van der Waals surface area contributed by atoms with Crippen molar-refractivity contribution >= 4 is 11.6 Å². The Morgan fingerprint density at radius 1 is 1.32 bits per heavy atom. The molecule has 0 radical (unpaired) electrons. The lowest BCUT2D eigenvalue weighted by molar-refractivity contribution is 0.102. The van der Waals surface area contributed by atoms with E-state index in [4.69, 9.17) is 4.74 Å². The molecule has 2 aromatic rings. The predicted molar refractivity (Wildman–Crippen MR) is 95.3 cm³/mol. The molecule has 25 heavy (non-hydrogen) atoms. The standard InChI is InChI=1S/C18H24N6O/c1-12(22-18(2)5-6-18)25-14-4-3-13(9-14)15-10-16(24-23-15)21-17-11-19-7-8-20-17/h7-8,10-11,13-14,22H,1,3-6,9H2,2H3,(H2,20,21,23,24)/t13-,14+/m0/s1. The predicted octanol–water partition coefficient (Wildman–Crippen LogP) is 3.21. The molecule has 0 bridgehead atoms. The van der Waals surface area contributed by atoms with Gasteiger partial charge in [0, 0.05) is 35.6 Å². The summed E-state index contributed by atoms with van der Waals surface area (Å²) in [6.45, 7) is 6.22. The minimum absolute atomic E-state index is 0.208. The third-order valence-corrected chi connectivity index (χ3v) is 4.99. The quantitative estimate of drug-likeness (QED) is 0.671. The zero-order chi connectivity index (χ0) is 17.3. The van der Waals surface area contributed by atoms with Crippen LogP contribution in [0.25, 0.3) is 0 Å². The molecule has 2 aliphatic rings. The molecule has 132 valence electrons. The van der Waals surface area contributed by atoms with E-state index in [-0.39, 0.29) is 11.6 Å². The molecule has 4 rings (SSSR count). The Morgan fingerprint density at radius 3 is 2.96 bits per heavy atom. The Kier molecular flexibility index (Phi) is 4.07. The van der Waals surface area contributed by atoms with Crippen LogP contribution in [0.15, 0.2) is 37.1 Å². The molecule has 7 nitrogen and oxygen atoms in total. The average molecular weight is 340 g/mol. The molecule has 7 heteroatoms. The molecular formula is C18H24N6O. The van der Waals surface area contributed by atoms with E-state index in [2.05, 4.69) is 44.3 Å². The van der Waals surface area contributed by atoms with Crippen molar-refractivity contribution in [3.63, 3.8) is 0 Å². The fourth-order valence-corrected chi connectivity index (χ4v) is 3.31. The number of aromatic nitrogens is 4. The van der Waals surface area contributed by atoms with Crippen LogP contribution in [0.3, 0.4) is 0 Å². The van der Waals surface area contributed by atoms with Crippen LogP contribution < -0.4 is 10.6 Å². The topological polar surface area (TPSA) is 87.8 Å². The third kappa shape index (κ3) is 3.92.